The van der Waals surface area contributed by atoms with E-state index in [4.69, 9.17) is 24.4 Å². The number of allylic oxidation sites excluding steroid dienone is 1. The molecule has 0 spiro atoms. The largest absolute Gasteiger partial charge is 0.299 e. The van der Waals surface area contributed by atoms with Gasteiger partial charge in [0.05, 0.1) is 20.8 Å². The number of thiophene rings is 1. The Morgan fingerprint density at radius 1 is 0.742 bits per heavy atom. The summed E-state index contributed by atoms with van der Waals surface area (Å²) in [5.41, 5.74) is 5.72. The first-order valence-electron chi connectivity index (χ1n) is 9.95. The minimum absolute atomic E-state index is 0.858. The lowest BCUT2D eigenvalue weighted by Crippen LogP contribution is -1.97. The minimum atomic E-state index is 0.858. The van der Waals surface area contributed by atoms with Crippen molar-refractivity contribution in [2.24, 2.45) is 0 Å². The van der Waals surface area contributed by atoms with Crippen LogP contribution in [0.4, 0.5) is 0 Å². The van der Waals surface area contributed by atoms with E-state index < -0.39 is 0 Å². The van der Waals surface area contributed by atoms with Gasteiger partial charge in [-0.25, -0.2) is 0 Å². The molecule has 2 aromatic heterocycles. The van der Waals surface area contributed by atoms with Crippen LogP contribution in [0, 0.1) is 0 Å². The molecule has 7 rings (SSSR count). The SMILES string of the molecule is S=C1C(=Cc2cc3c(s2)-n2c4ccccc4c4cccc(c42)S3)C(=S)c2ccccc21. The van der Waals surface area contributed by atoms with Crippen molar-refractivity contribution in [2.45, 2.75) is 9.79 Å². The molecule has 31 heavy (non-hydrogen) atoms. The molecule has 0 unspecified atom stereocenters. The molecule has 146 valence electrons. The average Bonchev–Trinajstić information content (AvgIpc) is 3.43. The zero-order valence-electron chi connectivity index (χ0n) is 16.1. The molecule has 1 aliphatic carbocycles. The Morgan fingerprint density at radius 3 is 2.26 bits per heavy atom. The number of hydrogen-bond acceptors (Lipinski definition) is 4. The fourth-order valence-electron chi connectivity index (χ4n) is 4.63. The summed E-state index contributed by atoms with van der Waals surface area (Å²) in [6.07, 6.45) is 2.18. The van der Waals surface area contributed by atoms with Crippen molar-refractivity contribution >= 4 is 85.1 Å². The number of rotatable bonds is 1. The van der Waals surface area contributed by atoms with Crippen molar-refractivity contribution in [1.29, 1.82) is 0 Å². The van der Waals surface area contributed by atoms with Crippen molar-refractivity contribution in [3.8, 4) is 5.00 Å². The Balaban J connectivity index is 1.44. The number of nitrogens with zero attached hydrogens (tertiary/aromatic N) is 1. The number of aromatic nitrogens is 1. The summed E-state index contributed by atoms with van der Waals surface area (Å²) in [6, 6.07) is 25.8. The van der Waals surface area contributed by atoms with Gasteiger partial charge in [0.25, 0.3) is 0 Å². The van der Waals surface area contributed by atoms with Crippen LogP contribution in [-0.2, 0) is 0 Å². The van der Waals surface area contributed by atoms with Crippen molar-refractivity contribution in [2.75, 3.05) is 0 Å². The van der Waals surface area contributed by atoms with Gasteiger partial charge in [0.15, 0.2) is 0 Å². The molecule has 5 heteroatoms. The van der Waals surface area contributed by atoms with E-state index in [0.717, 1.165) is 26.4 Å². The van der Waals surface area contributed by atoms with Gasteiger partial charge in [-0.2, -0.15) is 0 Å². The summed E-state index contributed by atoms with van der Waals surface area (Å²) in [6.45, 7) is 0. The molecular formula is C26H13NS4. The lowest BCUT2D eigenvalue weighted by atomic mass is 10.1. The standard InChI is InChI=1S/C26H13NS4/c28-24-17-7-1-2-8-18(17)25(29)19(24)12-14-13-22-26(30-14)27-20-10-4-3-6-15(20)16-9-5-11-21(31-22)23(16)27/h1-13H. The third kappa shape index (κ3) is 2.43. The van der Waals surface area contributed by atoms with Crippen LogP contribution in [0.5, 0.6) is 0 Å². The van der Waals surface area contributed by atoms with E-state index in [1.165, 1.54) is 41.5 Å². The number of fused-ring (bicyclic) bond motifs is 6. The number of para-hydroxylation sites is 2. The Labute approximate surface area is 198 Å². The van der Waals surface area contributed by atoms with E-state index in [2.05, 4.69) is 71.3 Å². The molecule has 0 bridgehead atoms. The second-order valence-corrected chi connectivity index (χ2v) is 10.6. The van der Waals surface area contributed by atoms with Gasteiger partial charge in [-0.05, 0) is 24.3 Å². The first-order valence-corrected chi connectivity index (χ1v) is 12.4. The Morgan fingerprint density at radius 2 is 1.45 bits per heavy atom. The maximum Gasteiger partial charge on any atom is 0.115 e. The molecule has 0 saturated carbocycles. The molecule has 0 fully saturated rings. The van der Waals surface area contributed by atoms with Gasteiger partial charge in [0.2, 0.25) is 0 Å². The highest BCUT2D eigenvalue weighted by atomic mass is 32.2. The first kappa shape index (κ1) is 18.0. The lowest BCUT2D eigenvalue weighted by Gasteiger charge is -2.15. The van der Waals surface area contributed by atoms with Crippen molar-refractivity contribution < 1.29 is 0 Å². The number of hydrogen-bond donors (Lipinski definition) is 0. The van der Waals surface area contributed by atoms with Crippen LogP contribution in [0.3, 0.4) is 0 Å². The highest BCUT2D eigenvalue weighted by Gasteiger charge is 2.28. The summed E-state index contributed by atoms with van der Waals surface area (Å²) in [4.78, 5) is 5.49. The van der Waals surface area contributed by atoms with Gasteiger partial charge < -0.3 is 0 Å². The summed E-state index contributed by atoms with van der Waals surface area (Å²) < 4.78 is 2.43. The Hall–Kier alpha value is -2.57. The molecule has 1 aliphatic heterocycles. The van der Waals surface area contributed by atoms with Crippen LogP contribution in [0.25, 0.3) is 32.9 Å². The zero-order valence-corrected chi connectivity index (χ0v) is 19.4. The minimum Gasteiger partial charge on any atom is -0.299 e. The van der Waals surface area contributed by atoms with Gasteiger partial charge in [-0.1, -0.05) is 90.8 Å². The second-order valence-electron chi connectivity index (χ2n) is 7.69. The first-order chi connectivity index (χ1) is 15.2. The van der Waals surface area contributed by atoms with Crippen LogP contribution in [0.15, 0.2) is 88.2 Å². The lowest BCUT2D eigenvalue weighted by molar-refractivity contribution is 1.14. The third-order valence-corrected chi connectivity index (χ3v) is 9.13. The topological polar surface area (TPSA) is 4.93 Å². The summed E-state index contributed by atoms with van der Waals surface area (Å²) >= 11 is 15.2. The quantitative estimate of drug-likeness (QED) is 0.179. The third-order valence-electron chi connectivity index (χ3n) is 5.97. The summed E-state index contributed by atoms with van der Waals surface area (Å²) in [5.74, 6) is 0. The highest BCUT2D eigenvalue weighted by molar-refractivity contribution is 8.00. The molecule has 0 atom stereocenters. The molecular weight excluding hydrogens is 455 g/mol. The van der Waals surface area contributed by atoms with E-state index in [0.29, 0.717) is 0 Å². The number of thiocarbonyl (C=S) groups is 2. The predicted octanol–water partition coefficient (Wildman–Crippen LogP) is 7.84. The fourth-order valence-corrected chi connectivity index (χ4v) is 7.76. The van der Waals surface area contributed by atoms with Gasteiger partial charge >= 0.3 is 0 Å². The van der Waals surface area contributed by atoms with Crippen LogP contribution in [0.2, 0.25) is 0 Å². The highest BCUT2D eigenvalue weighted by Crippen LogP contribution is 2.49. The molecule has 3 aromatic carbocycles. The van der Waals surface area contributed by atoms with Gasteiger partial charge in [0.1, 0.15) is 5.00 Å². The van der Waals surface area contributed by atoms with Gasteiger partial charge in [-0.3, -0.25) is 4.57 Å². The van der Waals surface area contributed by atoms with Crippen molar-refractivity contribution in [1.82, 2.24) is 4.57 Å². The van der Waals surface area contributed by atoms with Gasteiger partial charge in [0, 0.05) is 42.1 Å². The normalized spacial score (nSPS) is 14.4. The zero-order chi connectivity index (χ0) is 20.7. The Bertz CT molecular complexity index is 1610. The average molecular weight is 468 g/mol. The fraction of sp³-hybridized carbons (Fsp3) is 0. The maximum atomic E-state index is 5.78. The molecule has 3 heterocycles. The number of benzene rings is 3. The molecule has 0 N–H and O–H groups in total. The Kier molecular flexibility index (Phi) is 3.76. The smallest absolute Gasteiger partial charge is 0.115 e. The van der Waals surface area contributed by atoms with E-state index in [1.54, 1.807) is 0 Å². The second kappa shape index (κ2) is 6.47. The van der Waals surface area contributed by atoms with E-state index >= 15 is 0 Å². The van der Waals surface area contributed by atoms with Crippen molar-refractivity contribution in [3.05, 3.63) is 94.4 Å². The summed E-state index contributed by atoms with van der Waals surface area (Å²) in [7, 11) is 0. The molecule has 2 aliphatic rings. The van der Waals surface area contributed by atoms with E-state index in [1.807, 2.05) is 35.2 Å². The molecule has 5 aromatic rings. The monoisotopic (exact) mass is 467 g/mol. The van der Waals surface area contributed by atoms with Crippen molar-refractivity contribution in [3.63, 3.8) is 0 Å². The van der Waals surface area contributed by atoms with E-state index in [9.17, 15) is 0 Å². The van der Waals surface area contributed by atoms with Crippen LogP contribution < -0.4 is 0 Å². The van der Waals surface area contributed by atoms with E-state index in [-0.39, 0.29) is 0 Å². The molecule has 0 amide bonds. The maximum absolute atomic E-state index is 5.78. The molecule has 0 saturated heterocycles. The van der Waals surface area contributed by atoms with Gasteiger partial charge in [-0.15, -0.1) is 11.3 Å². The summed E-state index contributed by atoms with van der Waals surface area (Å²) in [5, 5.41) is 3.89. The van der Waals surface area contributed by atoms with Crippen LogP contribution in [-0.4, -0.2) is 14.3 Å². The predicted molar refractivity (Wildman–Crippen MR) is 141 cm³/mol. The molecule has 0 radical (unpaired) electrons. The van der Waals surface area contributed by atoms with Crippen LogP contribution >= 0.6 is 47.5 Å². The van der Waals surface area contributed by atoms with Crippen LogP contribution in [0.1, 0.15) is 16.0 Å². The molecule has 1 nitrogen and oxygen atoms in total.